The van der Waals surface area contributed by atoms with Crippen molar-refractivity contribution in [1.29, 1.82) is 0 Å². The Kier molecular flexibility index (Phi) is 5.14. The van der Waals surface area contributed by atoms with E-state index in [-0.39, 0.29) is 17.9 Å². The number of carboxylic acids is 1. The van der Waals surface area contributed by atoms with E-state index in [1.165, 1.54) is 4.88 Å². The van der Waals surface area contributed by atoms with Gasteiger partial charge in [0.25, 0.3) is 0 Å². The highest BCUT2D eigenvalue weighted by atomic mass is 32.1. The van der Waals surface area contributed by atoms with Gasteiger partial charge in [0.05, 0.1) is 12.0 Å². The number of rotatable bonds is 6. The highest BCUT2D eigenvalue weighted by molar-refractivity contribution is 7.09. The number of aliphatic carboxylic acids is 1. The molecule has 0 bridgehead atoms. The van der Waals surface area contributed by atoms with E-state index in [9.17, 15) is 9.59 Å². The van der Waals surface area contributed by atoms with Gasteiger partial charge >= 0.3 is 5.97 Å². The van der Waals surface area contributed by atoms with E-state index in [1.54, 1.807) is 11.3 Å². The summed E-state index contributed by atoms with van der Waals surface area (Å²) in [5.41, 5.74) is 0. The second-order valence-corrected chi connectivity index (χ2v) is 6.15. The van der Waals surface area contributed by atoms with Crippen molar-refractivity contribution in [2.45, 2.75) is 25.8 Å². The molecule has 2 atom stereocenters. The molecule has 0 saturated carbocycles. The molecule has 2 N–H and O–H groups in total. The van der Waals surface area contributed by atoms with Crippen LogP contribution >= 0.6 is 11.3 Å². The number of amides is 1. The molecular weight excluding hydrogens is 276 g/mol. The molecule has 1 aliphatic rings. The highest BCUT2D eigenvalue weighted by Gasteiger charge is 2.32. The van der Waals surface area contributed by atoms with Crippen LogP contribution in [-0.4, -0.2) is 47.6 Å². The molecule has 1 amide bonds. The van der Waals surface area contributed by atoms with E-state index < -0.39 is 5.97 Å². The minimum Gasteiger partial charge on any atom is -0.481 e. The van der Waals surface area contributed by atoms with Gasteiger partial charge in [-0.15, -0.1) is 11.3 Å². The lowest BCUT2D eigenvalue weighted by molar-refractivity contribution is -0.141. The van der Waals surface area contributed by atoms with Crippen LogP contribution in [0.5, 0.6) is 0 Å². The average Bonchev–Trinajstić information content (AvgIpc) is 3.08. The van der Waals surface area contributed by atoms with Crippen molar-refractivity contribution in [3.8, 4) is 0 Å². The summed E-state index contributed by atoms with van der Waals surface area (Å²) < 4.78 is 0. The van der Waals surface area contributed by atoms with Crippen LogP contribution in [0.15, 0.2) is 17.5 Å². The number of hydrogen-bond acceptors (Lipinski definition) is 4. The van der Waals surface area contributed by atoms with Crippen molar-refractivity contribution < 1.29 is 14.7 Å². The molecule has 110 valence electrons. The Morgan fingerprint density at radius 2 is 2.40 bits per heavy atom. The van der Waals surface area contributed by atoms with Gasteiger partial charge in [0.2, 0.25) is 5.91 Å². The lowest BCUT2D eigenvalue weighted by Gasteiger charge is -2.23. The fourth-order valence-electron chi connectivity index (χ4n) is 2.42. The summed E-state index contributed by atoms with van der Waals surface area (Å²) in [5, 5.41) is 13.9. The topological polar surface area (TPSA) is 69.6 Å². The molecule has 0 radical (unpaired) electrons. The summed E-state index contributed by atoms with van der Waals surface area (Å²) >= 11 is 1.68. The van der Waals surface area contributed by atoms with E-state index in [4.69, 9.17) is 5.11 Å². The maximum absolute atomic E-state index is 12.0. The van der Waals surface area contributed by atoms with Crippen LogP contribution in [0.4, 0.5) is 0 Å². The number of hydrogen-bond donors (Lipinski definition) is 2. The van der Waals surface area contributed by atoms with E-state index in [0.717, 1.165) is 6.42 Å². The zero-order valence-corrected chi connectivity index (χ0v) is 12.4. The first-order chi connectivity index (χ1) is 9.58. The Bertz CT molecular complexity index is 461. The summed E-state index contributed by atoms with van der Waals surface area (Å²) in [6, 6.07) is 3.79. The van der Waals surface area contributed by atoms with Gasteiger partial charge in [0.15, 0.2) is 0 Å². The van der Waals surface area contributed by atoms with Crippen molar-refractivity contribution >= 4 is 23.2 Å². The molecule has 1 aliphatic heterocycles. The first kappa shape index (κ1) is 15.0. The number of carbonyl (C=O) groups excluding carboxylic acids is 1. The van der Waals surface area contributed by atoms with E-state index in [0.29, 0.717) is 26.1 Å². The Hall–Kier alpha value is -1.40. The Morgan fingerprint density at radius 3 is 3.00 bits per heavy atom. The maximum Gasteiger partial charge on any atom is 0.307 e. The Labute approximate surface area is 122 Å². The van der Waals surface area contributed by atoms with Gasteiger partial charge in [0, 0.05) is 18.0 Å². The molecule has 2 unspecified atom stereocenters. The molecule has 5 nitrogen and oxygen atoms in total. The maximum atomic E-state index is 12.0. The molecule has 2 rings (SSSR count). The quantitative estimate of drug-likeness (QED) is 0.827. The summed E-state index contributed by atoms with van der Waals surface area (Å²) in [6.07, 6.45) is 1.47. The standard InChI is InChI=1S/C14H20N2O3S/c1-10(16-7-5-11(9-16)14(18)19)13(17)15-6-4-12-3-2-8-20-12/h2-3,8,10-11H,4-7,9H2,1H3,(H,15,17)(H,18,19). The molecule has 1 aromatic rings. The number of carboxylic acid groups (broad SMARTS) is 1. The van der Waals surface area contributed by atoms with Crippen molar-refractivity contribution in [3.05, 3.63) is 22.4 Å². The average molecular weight is 296 g/mol. The van der Waals surface area contributed by atoms with Crippen LogP contribution in [0, 0.1) is 5.92 Å². The first-order valence-corrected chi connectivity index (χ1v) is 7.73. The lowest BCUT2D eigenvalue weighted by atomic mass is 10.1. The first-order valence-electron chi connectivity index (χ1n) is 6.85. The molecular formula is C14H20N2O3S. The van der Waals surface area contributed by atoms with Crippen molar-refractivity contribution in [2.24, 2.45) is 5.92 Å². The van der Waals surface area contributed by atoms with Gasteiger partial charge < -0.3 is 10.4 Å². The SMILES string of the molecule is CC(C(=O)NCCc1cccs1)N1CCC(C(=O)O)C1. The minimum absolute atomic E-state index is 0.0207. The molecule has 2 heterocycles. The number of nitrogens with one attached hydrogen (secondary N) is 1. The van der Waals surface area contributed by atoms with Gasteiger partial charge in [-0.1, -0.05) is 6.07 Å². The monoisotopic (exact) mass is 296 g/mol. The van der Waals surface area contributed by atoms with E-state index >= 15 is 0 Å². The second kappa shape index (κ2) is 6.85. The zero-order chi connectivity index (χ0) is 14.5. The largest absolute Gasteiger partial charge is 0.481 e. The lowest BCUT2D eigenvalue weighted by Crippen LogP contribution is -2.44. The molecule has 1 aromatic heterocycles. The van der Waals surface area contributed by atoms with Crippen molar-refractivity contribution in [1.82, 2.24) is 10.2 Å². The van der Waals surface area contributed by atoms with Crippen LogP contribution in [-0.2, 0) is 16.0 Å². The Morgan fingerprint density at radius 1 is 1.60 bits per heavy atom. The van der Waals surface area contributed by atoms with Crippen molar-refractivity contribution in [2.75, 3.05) is 19.6 Å². The fourth-order valence-corrected chi connectivity index (χ4v) is 3.13. The fraction of sp³-hybridized carbons (Fsp3) is 0.571. The summed E-state index contributed by atoms with van der Waals surface area (Å²) in [4.78, 5) is 26.2. The van der Waals surface area contributed by atoms with E-state index in [2.05, 4.69) is 11.4 Å². The van der Waals surface area contributed by atoms with Gasteiger partial charge in [0.1, 0.15) is 0 Å². The molecule has 0 aromatic carbocycles. The molecule has 1 fully saturated rings. The third-order valence-electron chi connectivity index (χ3n) is 3.75. The van der Waals surface area contributed by atoms with Gasteiger partial charge in [-0.05, 0) is 37.8 Å². The van der Waals surface area contributed by atoms with Gasteiger partial charge in [-0.25, -0.2) is 0 Å². The minimum atomic E-state index is -0.766. The highest BCUT2D eigenvalue weighted by Crippen LogP contribution is 2.18. The number of thiophene rings is 1. The molecule has 1 saturated heterocycles. The summed E-state index contributed by atoms with van der Waals surface area (Å²) in [6.45, 7) is 3.61. The predicted molar refractivity (Wildman–Crippen MR) is 77.8 cm³/mol. The van der Waals surface area contributed by atoms with Gasteiger partial charge in [-0.2, -0.15) is 0 Å². The number of likely N-dealkylation sites (tertiary alicyclic amines) is 1. The van der Waals surface area contributed by atoms with Crippen LogP contribution in [0.3, 0.4) is 0 Å². The van der Waals surface area contributed by atoms with Crippen LogP contribution in [0.1, 0.15) is 18.2 Å². The second-order valence-electron chi connectivity index (χ2n) is 5.12. The molecule has 20 heavy (non-hydrogen) atoms. The Balaban J connectivity index is 1.73. The summed E-state index contributed by atoms with van der Waals surface area (Å²) in [5.74, 6) is -1.12. The number of nitrogens with zero attached hydrogens (tertiary/aromatic N) is 1. The smallest absolute Gasteiger partial charge is 0.307 e. The van der Waals surface area contributed by atoms with Crippen LogP contribution in [0.25, 0.3) is 0 Å². The normalized spacial score (nSPS) is 20.8. The predicted octanol–water partition coefficient (Wildman–Crippen LogP) is 1.20. The van der Waals surface area contributed by atoms with Crippen LogP contribution in [0.2, 0.25) is 0 Å². The molecule has 6 heteroatoms. The third-order valence-corrected chi connectivity index (χ3v) is 4.68. The van der Waals surface area contributed by atoms with Crippen LogP contribution < -0.4 is 5.32 Å². The molecule has 0 spiro atoms. The third kappa shape index (κ3) is 3.80. The van der Waals surface area contributed by atoms with Gasteiger partial charge in [-0.3, -0.25) is 14.5 Å². The summed E-state index contributed by atoms with van der Waals surface area (Å²) in [7, 11) is 0. The zero-order valence-electron chi connectivity index (χ0n) is 11.5. The number of carbonyl (C=O) groups is 2. The molecule has 0 aliphatic carbocycles. The van der Waals surface area contributed by atoms with E-state index in [1.807, 2.05) is 23.3 Å². The van der Waals surface area contributed by atoms with Crippen molar-refractivity contribution in [3.63, 3.8) is 0 Å².